The Balaban J connectivity index is 1.95. The van der Waals surface area contributed by atoms with E-state index in [-0.39, 0.29) is 5.56 Å². The Morgan fingerprint density at radius 3 is 2.52 bits per heavy atom. The number of hydrogen-bond donors (Lipinski definition) is 1. The van der Waals surface area contributed by atoms with Crippen LogP contribution in [0.1, 0.15) is 27.0 Å². The number of hydrogen-bond acceptors (Lipinski definition) is 1. The fourth-order valence-electron chi connectivity index (χ4n) is 2.05. The van der Waals surface area contributed by atoms with Gasteiger partial charge in [-0.2, -0.15) is 0 Å². The van der Waals surface area contributed by atoms with E-state index >= 15 is 0 Å². The summed E-state index contributed by atoms with van der Waals surface area (Å²) in [6.45, 7) is 4.43. The number of aryl methyl sites for hydroxylation is 2. The lowest BCUT2D eigenvalue weighted by Crippen LogP contribution is -2.26. The van der Waals surface area contributed by atoms with Crippen molar-refractivity contribution in [3.63, 3.8) is 0 Å². The summed E-state index contributed by atoms with van der Waals surface area (Å²) < 4.78 is 26.5. The zero-order chi connectivity index (χ0) is 15.4. The Bertz CT molecular complexity index is 668. The van der Waals surface area contributed by atoms with E-state index in [0.29, 0.717) is 13.0 Å². The molecule has 0 unspecified atom stereocenters. The first-order chi connectivity index (χ1) is 9.97. The maximum absolute atomic E-state index is 13.4. The Morgan fingerprint density at radius 1 is 1.05 bits per heavy atom. The molecule has 2 aromatic rings. The second kappa shape index (κ2) is 6.48. The fraction of sp³-hybridized carbons (Fsp3) is 0.235. The highest BCUT2D eigenvalue weighted by Gasteiger charge is 2.12. The number of benzene rings is 2. The summed E-state index contributed by atoms with van der Waals surface area (Å²) in [5.41, 5.74) is 3.23. The highest BCUT2D eigenvalue weighted by molar-refractivity contribution is 5.94. The van der Waals surface area contributed by atoms with E-state index < -0.39 is 17.5 Å². The highest BCUT2D eigenvalue weighted by atomic mass is 19.1. The van der Waals surface area contributed by atoms with Crippen LogP contribution in [0.3, 0.4) is 0 Å². The highest BCUT2D eigenvalue weighted by Crippen LogP contribution is 2.11. The summed E-state index contributed by atoms with van der Waals surface area (Å²) in [6.07, 6.45) is 0.643. The minimum absolute atomic E-state index is 0.268. The number of carbonyl (C=O) groups is 1. The molecule has 0 saturated heterocycles. The van der Waals surface area contributed by atoms with Crippen LogP contribution in [0.15, 0.2) is 36.4 Å². The second-order valence-electron chi connectivity index (χ2n) is 5.05. The maximum Gasteiger partial charge on any atom is 0.254 e. The van der Waals surface area contributed by atoms with Gasteiger partial charge in [-0.1, -0.05) is 18.2 Å². The lowest BCUT2D eigenvalue weighted by atomic mass is 10.0. The Kier molecular flexibility index (Phi) is 4.68. The molecule has 0 heterocycles. The predicted octanol–water partition coefficient (Wildman–Crippen LogP) is 3.55. The molecule has 0 spiro atoms. The molecule has 0 bridgehead atoms. The molecular formula is C17H17F2NO. The Labute approximate surface area is 122 Å². The molecule has 2 aromatic carbocycles. The molecule has 4 heteroatoms. The third-order valence-corrected chi connectivity index (χ3v) is 3.44. The third kappa shape index (κ3) is 3.88. The number of nitrogens with one attached hydrogen (secondary N) is 1. The molecule has 0 fully saturated rings. The summed E-state index contributed by atoms with van der Waals surface area (Å²) in [5, 5.41) is 2.60. The summed E-state index contributed by atoms with van der Waals surface area (Å²) in [7, 11) is 0. The van der Waals surface area contributed by atoms with Crippen LogP contribution in [0, 0.1) is 25.5 Å². The van der Waals surface area contributed by atoms with E-state index in [0.717, 1.165) is 23.8 Å². The summed E-state index contributed by atoms with van der Waals surface area (Å²) >= 11 is 0. The molecule has 0 atom stereocenters. The fourth-order valence-corrected chi connectivity index (χ4v) is 2.05. The van der Waals surface area contributed by atoms with Crippen LogP contribution in [0.5, 0.6) is 0 Å². The molecule has 1 amide bonds. The van der Waals surface area contributed by atoms with Gasteiger partial charge in [0.25, 0.3) is 5.91 Å². The largest absolute Gasteiger partial charge is 0.352 e. The molecule has 0 aromatic heterocycles. The van der Waals surface area contributed by atoms with E-state index in [4.69, 9.17) is 0 Å². The van der Waals surface area contributed by atoms with Crippen molar-refractivity contribution < 1.29 is 13.6 Å². The molecule has 0 saturated carbocycles. The van der Waals surface area contributed by atoms with Crippen molar-refractivity contribution in [1.82, 2.24) is 5.32 Å². The van der Waals surface area contributed by atoms with Crippen LogP contribution >= 0.6 is 0 Å². The SMILES string of the molecule is Cc1ccc(CCNC(=O)c2cc(F)ccc2F)cc1C. The average Bonchev–Trinajstić information content (AvgIpc) is 2.45. The Morgan fingerprint density at radius 2 is 1.81 bits per heavy atom. The number of carbonyl (C=O) groups excluding carboxylic acids is 1. The van der Waals surface area contributed by atoms with E-state index in [1.54, 1.807) is 0 Å². The predicted molar refractivity (Wildman–Crippen MR) is 78.3 cm³/mol. The van der Waals surface area contributed by atoms with Crippen LogP contribution in [0.4, 0.5) is 8.78 Å². The van der Waals surface area contributed by atoms with Crippen molar-refractivity contribution in [2.45, 2.75) is 20.3 Å². The van der Waals surface area contributed by atoms with Gasteiger partial charge in [-0.3, -0.25) is 4.79 Å². The lowest BCUT2D eigenvalue weighted by molar-refractivity contribution is 0.0949. The summed E-state index contributed by atoms with van der Waals surface area (Å²) in [4.78, 5) is 11.8. The van der Waals surface area contributed by atoms with Crippen molar-refractivity contribution in [3.05, 3.63) is 70.3 Å². The van der Waals surface area contributed by atoms with Gasteiger partial charge >= 0.3 is 0 Å². The van der Waals surface area contributed by atoms with Gasteiger partial charge < -0.3 is 5.32 Å². The van der Waals surface area contributed by atoms with Crippen LogP contribution in [-0.4, -0.2) is 12.5 Å². The smallest absolute Gasteiger partial charge is 0.254 e. The lowest BCUT2D eigenvalue weighted by Gasteiger charge is -2.08. The van der Waals surface area contributed by atoms with Gasteiger partial charge in [-0.15, -0.1) is 0 Å². The van der Waals surface area contributed by atoms with E-state index in [1.807, 2.05) is 26.0 Å². The van der Waals surface area contributed by atoms with Gasteiger partial charge in [0, 0.05) is 6.54 Å². The van der Waals surface area contributed by atoms with Crippen LogP contribution in [-0.2, 0) is 6.42 Å². The molecule has 0 radical (unpaired) electrons. The first-order valence-electron chi connectivity index (χ1n) is 6.77. The van der Waals surface area contributed by atoms with Gasteiger partial charge in [-0.05, 0) is 55.2 Å². The molecule has 0 aliphatic heterocycles. The first kappa shape index (κ1) is 15.2. The second-order valence-corrected chi connectivity index (χ2v) is 5.05. The number of rotatable bonds is 4. The summed E-state index contributed by atoms with van der Waals surface area (Å²) in [5.74, 6) is -1.95. The van der Waals surface area contributed by atoms with Gasteiger partial charge in [0.05, 0.1) is 5.56 Å². The van der Waals surface area contributed by atoms with Gasteiger partial charge in [0.15, 0.2) is 0 Å². The Hall–Kier alpha value is -2.23. The molecule has 1 N–H and O–H groups in total. The van der Waals surface area contributed by atoms with Crippen LogP contribution < -0.4 is 5.32 Å². The quantitative estimate of drug-likeness (QED) is 0.916. The van der Waals surface area contributed by atoms with E-state index in [2.05, 4.69) is 11.4 Å². The minimum Gasteiger partial charge on any atom is -0.352 e. The molecule has 0 aliphatic rings. The number of halogens is 2. The standard InChI is InChI=1S/C17H17F2NO/c1-11-3-4-13(9-12(11)2)7-8-20-17(21)15-10-14(18)5-6-16(15)19/h3-6,9-10H,7-8H2,1-2H3,(H,20,21). The molecule has 110 valence electrons. The first-order valence-corrected chi connectivity index (χ1v) is 6.77. The van der Waals surface area contributed by atoms with Gasteiger partial charge in [0.1, 0.15) is 11.6 Å². The monoisotopic (exact) mass is 289 g/mol. The third-order valence-electron chi connectivity index (χ3n) is 3.44. The average molecular weight is 289 g/mol. The molecule has 2 nitrogen and oxygen atoms in total. The zero-order valence-electron chi connectivity index (χ0n) is 12.0. The minimum atomic E-state index is -0.722. The van der Waals surface area contributed by atoms with Gasteiger partial charge in [0.2, 0.25) is 0 Å². The van der Waals surface area contributed by atoms with Crippen molar-refractivity contribution in [2.75, 3.05) is 6.54 Å². The van der Waals surface area contributed by atoms with Crippen LogP contribution in [0.25, 0.3) is 0 Å². The molecule has 21 heavy (non-hydrogen) atoms. The normalized spacial score (nSPS) is 10.5. The topological polar surface area (TPSA) is 29.1 Å². The maximum atomic E-state index is 13.4. The van der Waals surface area contributed by atoms with Crippen molar-refractivity contribution in [2.24, 2.45) is 0 Å². The van der Waals surface area contributed by atoms with E-state index in [1.165, 1.54) is 11.1 Å². The molecular weight excluding hydrogens is 272 g/mol. The van der Waals surface area contributed by atoms with Crippen molar-refractivity contribution in [3.8, 4) is 0 Å². The van der Waals surface area contributed by atoms with Crippen LogP contribution in [0.2, 0.25) is 0 Å². The zero-order valence-corrected chi connectivity index (χ0v) is 12.0. The number of amides is 1. The molecule has 0 aliphatic carbocycles. The van der Waals surface area contributed by atoms with E-state index in [9.17, 15) is 13.6 Å². The summed E-state index contributed by atoms with van der Waals surface area (Å²) in [6, 6.07) is 8.93. The van der Waals surface area contributed by atoms with Gasteiger partial charge in [-0.25, -0.2) is 8.78 Å². The van der Waals surface area contributed by atoms with Crippen molar-refractivity contribution in [1.29, 1.82) is 0 Å². The van der Waals surface area contributed by atoms with Crippen molar-refractivity contribution >= 4 is 5.91 Å². The molecule has 2 rings (SSSR count).